The van der Waals surface area contributed by atoms with Crippen LogP contribution in [0, 0.1) is 0 Å². The van der Waals surface area contributed by atoms with Gasteiger partial charge in [0.1, 0.15) is 0 Å². The molecular weight excluding hydrogens is 372 g/mol. The smallest absolute Gasteiger partial charge is 0.291 e. The first-order chi connectivity index (χ1) is 13.9. The minimum atomic E-state index is -0.546. The van der Waals surface area contributed by atoms with E-state index in [0.717, 1.165) is 0 Å². The van der Waals surface area contributed by atoms with Gasteiger partial charge in [0.2, 0.25) is 0 Å². The Morgan fingerprint density at radius 1 is 0.655 bits per heavy atom. The second-order valence-corrected chi connectivity index (χ2v) is 7.30. The average Bonchev–Trinajstić information content (AvgIpc) is 3.09. The van der Waals surface area contributed by atoms with E-state index in [2.05, 4.69) is 0 Å². The third-order valence-corrected chi connectivity index (χ3v) is 5.01. The SMILES string of the molecule is CN(CN(C)CN1C(=O)C(=O)c2ccccc21)CN1C(=O)C(=O)c2ccccc21. The summed E-state index contributed by atoms with van der Waals surface area (Å²) < 4.78 is 0. The average molecular weight is 392 g/mol. The van der Waals surface area contributed by atoms with Crippen LogP contribution in [0.2, 0.25) is 0 Å². The molecule has 2 aromatic rings. The minimum absolute atomic E-state index is 0.232. The van der Waals surface area contributed by atoms with E-state index in [0.29, 0.717) is 29.2 Å². The highest BCUT2D eigenvalue weighted by atomic mass is 16.2. The highest BCUT2D eigenvalue weighted by Crippen LogP contribution is 2.29. The van der Waals surface area contributed by atoms with E-state index in [-0.39, 0.29) is 13.3 Å². The van der Waals surface area contributed by atoms with Crippen molar-refractivity contribution in [3.8, 4) is 0 Å². The molecule has 0 bridgehead atoms. The van der Waals surface area contributed by atoms with Crippen molar-refractivity contribution in [2.45, 2.75) is 0 Å². The topological polar surface area (TPSA) is 81.2 Å². The number of para-hydroxylation sites is 2. The Labute approximate surface area is 167 Å². The Hall–Kier alpha value is -3.36. The lowest BCUT2D eigenvalue weighted by Gasteiger charge is -2.30. The van der Waals surface area contributed by atoms with Gasteiger partial charge in [0.15, 0.2) is 0 Å². The number of hydrogen-bond acceptors (Lipinski definition) is 6. The summed E-state index contributed by atoms with van der Waals surface area (Å²) in [6, 6.07) is 13.8. The molecule has 2 aliphatic rings. The van der Waals surface area contributed by atoms with E-state index >= 15 is 0 Å². The number of nitrogens with zero attached hydrogens (tertiary/aromatic N) is 4. The van der Waals surface area contributed by atoms with E-state index < -0.39 is 23.4 Å². The summed E-state index contributed by atoms with van der Waals surface area (Å²) in [5, 5.41) is 0. The van der Waals surface area contributed by atoms with Crippen molar-refractivity contribution >= 4 is 34.8 Å². The van der Waals surface area contributed by atoms with Crippen LogP contribution in [0.25, 0.3) is 0 Å². The van der Waals surface area contributed by atoms with Crippen molar-refractivity contribution < 1.29 is 19.2 Å². The van der Waals surface area contributed by atoms with E-state index in [1.54, 1.807) is 48.5 Å². The number of ketones is 2. The van der Waals surface area contributed by atoms with Crippen LogP contribution in [0.3, 0.4) is 0 Å². The van der Waals surface area contributed by atoms with Crippen LogP contribution in [0.1, 0.15) is 20.7 Å². The molecule has 2 amide bonds. The summed E-state index contributed by atoms with van der Waals surface area (Å²) in [5.74, 6) is -2.09. The van der Waals surface area contributed by atoms with Crippen LogP contribution in [-0.2, 0) is 9.59 Å². The summed E-state index contributed by atoms with van der Waals surface area (Å²) in [4.78, 5) is 55.5. The summed E-state index contributed by atoms with van der Waals surface area (Å²) in [6.45, 7) is 0.880. The zero-order valence-corrected chi connectivity index (χ0v) is 16.2. The van der Waals surface area contributed by atoms with Gasteiger partial charge in [0.25, 0.3) is 11.6 Å². The predicted octanol–water partition coefficient (Wildman–Crippen LogP) is 1.18. The summed E-state index contributed by atoms with van der Waals surface area (Å²) in [5.41, 5.74) is 2.03. The molecule has 8 nitrogen and oxygen atoms in total. The number of carbonyl (C=O) groups is 4. The molecule has 0 spiro atoms. The number of Topliss-reactive ketones (excluding diaryl/α,β-unsaturated/α-hetero) is 2. The Morgan fingerprint density at radius 3 is 1.45 bits per heavy atom. The third kappa shape index (κ3) is 3.22. The first kappa shape index (κ1) is 19.0. The molecule has 0 fully saturated rings. The normalized spacial score (nSPS) is 15.7. The van der Waals surface area contributed by atoms with Gasteiger partial charge in [-0.2, -0.15) is 0 Å². The second-order valence-electron chi connectivity index (χ2n) is 7.30. The fourth-order valence-corrected chi connectivity index (χ4v) is 3.76. The second kappa shape index (κ2) is 7.23. The molecule has 29 heavy (non-hydrogen) atoms. The highest BCUT2D eigenvalue weighted by molar-refractivity contribution is 6.52. The van der Waals surface area contributed by atoms with Crippen LogP contribution >= 0.6 is 0 Å². The summed E-state index contributed by atoms with van der Waals surface area (Å²) >= 11 is 0. The maximum atomic E-state index is 12.3. The molecule has 4 rings (SSSR count). The van der Waals surface area contributed by atoms with Gasteiger partial charge in [-0.1, -0.05) is 24.3 Å². The van der Waals surface area contributed by atoms with Gasteiger partial charge in [0.05, 0.1) is 42.5 Å². The molecule has 0 saturated heterocycles. The van der Waals surface area contributed by atoms with Gasteiger partial charge in [0, 0.05) is 0 Å². The number of amides is 2. The number of rotatable bonds is 6. The first-order valence-electron chi connectivity index (χ1n) is 9.16. The molecule has 0 N–H and O–H groups in total. The van der Waals surface area contributed by atoms with Crippen molar-refractivity contribution in [2.24, 2.45) is 0 Å². The lowest BCUT2D eigenvalue weighted by molar-refractivity contribution is -0.115. The van der Waals surface area contributed by atoms with Crippen molar-refractivity contribution in [1.29, 1.82) is 0 Å². The van der Waals surface area contributed by atoms with Gasteiger partial charge in [-0.25, -0.2) is 0 Å². The Balaban J connectivity index is 1.42. The molecule has 0 unspecified atom stereocenters. The summed E-state index contributed by atoms with van der Waals surface area (Å²) in [7, 11) is 3.64. The predicted molar refractivity (Wildman–Crippen MR) is 107 cm³/mol. The molecule has 2 aliphatic heterocycles. The summed E-state index contributed by atoms with van der Waals surface area (Å²) in [6.07, 6.45) is 0. The zero-order chi connectivity index (χ0) is 20.7. The fourth-order valence-electron chi connectivity index (χ4n) is 3.76. The Bertz CT molecular complexity index is 953. The quantitative estimate of drug-likeness (QED) is 0.543. The van der Waals surface area contributed by atoms with E-state index in [9.17, 15) is 19.2 Å². The van der Waals surface area contributed by atoms with Crippen LogP contribution in [-0.4, -0.2) is 67.3 Å². The molecular formula is C21H20N4O4. The van der Waals surface area contributed by atoms with Gasteiger partial charge >= 0.3 is 11.8 Å². The van der Waals surface area contributed by atoms with Crippen LogP contribution in [0.15, 0.2) is 48.5 Å². The van der Waals surface area contributed by atoms with E-state index in [1.807, 2.05) is 23.9 Å². The number of carbonyl (C=O) groups excluding carboxylic acids is 4. The minimum Gasteiger partial charge on any atom is -0.291 e. The molecule has 0 radical (unpaired) electrons. The monoisotopic (exact) mass is 392 g/mol. The first-order valence-corrected chi connectivity index (χ1v) is 9.16. The number of benzene rings is 2. The van der Waals surface area contributed by atoms with Gasteiger partial charge in [-0.15, -0.1) is 0 Å². The van der Waals surface area contributed by atoms with Gasteiger partial charge < -0.3 is 0 Å². The lowest BCUT2D eigenvalue weighted by atomic mass is 10.1. The third-order valence-electron chi connectivity index (χ3n) is 5.01. The molecule has 8 heteroatoms. The maximum Gasteiger partial charge on any atom is 0.300 e. The molecule has 148 valence electrons. The highest BCUT2D eigenvalue weighted by Gasteiger charge is 2.37. The van der Waals surface area contributed by atoms with Gasteiger partial charge in [-0.05, 0) is 38.4 Å². The van der Waals surface area contributed by atoms with Crippen LogP contribution in [0.5, 0.6) is 0 Å². The van der Waals surface area contributed by atoms with Crippen molar-refractivity contribution in [2.75, 3.05) is 43.9 Å². The Morgan fingerprint density at radius 2 is 1.03 bits per heavy atom. The number of hydrogen-bond donors (Lipinski definition) is 0. The molecule has 0 atom stereocenters. The van der Waals surface area contributed by atoms with Crippen molar-refractivity contribution in [3.05, 3.63) is 59.7 Å². The largest absolute Gasteiger partial charge is 0.300 e. The maximum absolute atomic E-state index is 12.3. The van der Waals surface area contributed by atoms with Crippen LogP contribution in [0.4, 0.5) is 11.4 Å². The standard InChI is InChI=1S/C21H20N4O4/c1-22(12-24-16-9-5-3-7-14(16)18(26)20(24)28)11-23(2)13-25-17-10-6-4-8-15(17)19(27)21(25)29/h3-10H,11-13H2,1-2H3. The fraction of sp³-hybridized carbons (Fsp3) is 0.238. The lowest BCUT2D eigenvalue weighted by Crippen LogP contribution is -2.46. The zero-order valence-electron chi connectivity index (χ0n) is 16.2. The molecule has 0 aliphatic carbocycles. The number of anilines is 2. The van der Waals surface area contributed by atoms with Gasteiger partial charge in [-0.3, -0.25) is 38.8 Å². The van der Waals surface area contributed by atoms with Crippen molar-refractivity contribution in [3.63, 3.8) is 0 Å². The molecule has 0 saturated carbocycles. The molecule has 2 heterocycles. The number of fused-ring (bicyclic) bond motifs is 2. The van der Waals surface area contributed by atoms with E-state index in [1.165, 1.54) is 9.80 Å². The van der Waals surface area contributed by atoms with Crippen molar-refractivity contribution in [1.82, 2.24) is 9.80 Å². The molecule has 2 aromatic carbocycles. The van der Waals surface area contributed by atoms with Crippen LogP contribution < -0.4 is 9.80 Å². The Kier molecular flexibility index (Phi) is 4.73. The van der Waals surface area contributed by atoms with E-state index in [4.69, 9.17) is 0 Å². The molecule has 0 aromatic heterocycles.